The van der Waals surface area contributed by atoms with E-state index in [1.807, 2.05) is 4.90 Å². The molecule has 2 fully saturated rings. The Bertz CT molecular complexity index is 518. The summed E-state index contributed by atoms with van der Waals surface area (Å²) in [5.41, 5.74) is 0.465. The zero-order valence-corrected chi connectivity index (χ0v) is 12.6. The van der Waals surface area contributed by atoms with E-state index in [1.165, 1.54) is 0 Å². The van der Waals surface area contributed by atoms with Gasteiger partial charge in [-0.2, -0.15) is 0 Å². The first-order valence-corrected chi connectivity index (χ1v) is 7.80. The van der Waals surface area contributed by atoms with Crippen LogP contribution in [0.2, 0.25) is 0 Å². The number of aromatic nitrogens is 2. The summed E-state index contributed by atoms with van der Waals surface area (Å²) in [6.07, 6.45) is 4.83. The number of carbonyl (C=O) groups is 1. The lowest BCUT2D eigenvalue weighted by atomic mass is 10.2. The number of rotatable bonds is 4. The highest BCUT2D eigenvalue weighted by Crippen LogP contribution is 2.37. The van der Waals surface area contributed by atoms with Gasteiger partial charge in [0.15, 0.2) is 0 Å². The van der Waals surface area contributed by atoms with Gasteiger partial charge in [-0.3, -0.25) is 9.69 Å². The zero-order valence-electron chi connectivity index (χ0n) is 12.6. The number of carbonyl (C=O) groups excluding carboxylic acids is 1. The van der Waals surface area contributed by atoms with E-state index < -0.39 is 6.10 Å². The van der Waals surface area contributed by atoms with Crippen molar-refractivity contribution in [2.45, 2.75) is 24.9 Å². The third-order valence-electron chi connectivity index (χ3n) is 4.15. The lowest BCUT2D eigenvalue weighted by Gasteiger charge is -2.21. The summed E-state index contributed by atoms with van der Waals surface area (Å²) in [5.74, 6) is 1.14. The summed E-state index contributed by atoms with van der Waals surface area (Å²) in [6.45, 7) is 2.51. The van der Waals surface area contributed by atoms with Crippen LogP contribution in [0.3, 0.4) is 0 Å². The van der Waals surface area contributed by atoms with Gasteiger partial charge in [0.1, 0.15) is 5.82 Å². The van der Waals surface area contributed by atoms with E-state index in [2.05, 4.69) is 9.97 Å². The minimum absolute atomic E-state index is 0.0527. The Morgan fingerprint density at radius 1 is 1.23 bits per heavy atom. The van der Waals surface area contributed by atoms with Crippen molar-refractivity contribution in [2.75, 3.05) is 39.3 Å². The van der Waals surface area contributed by atoms with Crippen LogP contribution in [0.25, 0.3) is 0 Å². The number of nitrogens with zero attached hydrogens (tertiary/aromatic N) is 4. The molecule has 1 aliphatic heterocycles. The fourth-order valence-electron chi connectivity index (χ4n) is 2.77. The standard InChI is InChI=1S/C15H22N4O3/c20-6-5-18-3-4-19(10-13(21)9-18)15(22)12-7-16-14(17-8-12)11-1-2-11/h7-8,11,13,20-21H,1-6,9-10H2/t13-/m0/s1. The molecule has 22 heavy (non-hydrogen) atoms. The summed E-state index contributed by atoms with van der Waals surface area (Å²) >= 11 is 0. The van der Waals surface area contributed by atoms with Crippen LogP contribution >= 0.6 is 0 Å². The topological polar surface area (TPSA) is 89.8 Å². The van der Waals surface area contributed by atoms with Crippen LogP contribution < -0.4 is 0 Å². The number of hydrogen-bond donors (Lipinski definition) is 2. The molecule has 0 aromatic carbocycles. The van der Waals surface area contributed by atoms with Gasteiger partial charge in [0.25, 0.3) is 5.91 Å². The van der Waals surface area contributed by atoms with E-state index in [1.54, 1.807) is 17.3 Å². The quantitative estimate of drug-likeness (QED) is 0.777. The maximum atomic E-state index is 12.5. The molecule has 0 radical (unpaired) electrons. The summed E-state index contributed by atoms with van der Waals surface area (Å²) < 4.78 is 0. The van der Waals surface area contributed by atoms with Gasteiger partial charge in [-0.15, -0.1) is 0 Å². The first-order chi connectivity index (χ1) is 10.7. The summed E-state index contributed by atoms with van der Waals surface area (Å²) in [5, 5.41) is 19.0. The van der Waals surface area contributed by atoms with E-state index in [0.717, 1.165) is 18.7 Å². The molecule has 1 aromatic rings. The van der Waals surface area contributed by atoms with Gasteiger partial charge in [-0.1, -0.05) is 0 Å². The second kappa shape index (κ2) is 6.68. The van der Waals surface area contributed by atoms with E-state index in [4.69, 9.17) is 5.11 Å². The van der Waals surface area contributed by atoms with Crippen LogP contribution in [0.1, 0.15) is 34.9 Å². The van der Waals surface area contributed by atoms with E-state index in [0.29, 0.717) is 44.2 Å². The average molecular weight is 306 g/mol. The van der Waals surface area contributed by atoms with E-state index in [9.17, 15) is 9.90 Å². The first kappa shape index (κ1) is 15.3. The van der Waals surface area contributed by atoms with E-state index >= 15 is 0 Å². The lowest BCUT2D eigenvalue weighted by Crippen LogP contribution is -2.37. The Balaban J connectivity index is 1.65. The molecule has 1 saturated heterocycles. The molecule has 120 valence electrons. The number of hydrogen-bond acceptors (Lipinski definition) is 6. The molecule has 3 rings (SSSR count). The van der Waals surface area contributed by atoms with Crippen molar-refractivity contribution in [2.24, 2.45) is 0 Å². The lowest BCUT2D eigenvalue weighted by molar-refractivity contribution is 0.0660. The fourth-order valence-corrected chi connectivity index (χ4v) is 2.77. The third kappa shape index (κ3) is 3.60. The van der Waals surface area contributed by atoms with Crippen LogP contribution in [0.4, 0.5) is 0 Å². The van der Waals surface area contributed by atoms with Crippen molar-refractivity contribution in [3.05, 3.63) is 23.8 Å². The normalized spacial score (nSPS) is 23.4. The Morgan fingerprint density at radius 3 is 2.59 bits per heavy atom. The summed E-state index contributed by atoms with van der Waals surface area (Å²) in [7, 11) is 0. The second-order valence-electron chi connectivity index (χ2n) is 6.03. The number of amides is 1. The van der Waals surface area contributed by atoms with Crippen LogP contribution in [0, 0.1) is 0 Å². The molecule has 7 nitrogen and oxygen atoms in total. The third-order valence-corrected chi connectivity index (χ3v) is 4.15. The van der Waals surface area contributed by atoms with Crippen LogP contribution in [-0.4, -0.2) is 81.3 Å². The maximum absolute atomic E-state index is 12.5. The second-order valence-corrected chi connectivity index (χ2v) is 6.03. The Morgan fingerprint density at radius 2 is 1.95 bits per heavy atom. The fraction of sp³-hybridized carbons (Fsp3) is 0.667. The minimum Gasteiger partial charge on any atom is -0.395 e. The van der Waals surface area contributed by atoms with Crippen LogP contribution in [-0.2, 0) is 0 Å². The SMILES string of the molecule is O=C(c1cnc(C2CC2)nc1)N1CCN(CCO)C[C@H](O)C1. The zero-order chi connectivity index (χ0) is 15.5. The van der Waals surface area contributed by atoms with Gasteiger partial charge in [-0.25, -0.2) is 9.97 Å². The number of β-amino-alcohol motifs (C(OH)–C–C–N with tert-alkyl or cyclic N) is 2. The number of aliphatic hydroxyl groups excluding tert-OH is 2. The molecule has 1 aliphatic carbocycles. The van der Waals surface area contributed by atoms with Crippen molar-refractivity contribution >= 4 is 5.91 Å². The summed E-state index contributed by atoms with van der Waals surface area (Å²) in [6, 6.07) is 0. The Kier molecular flexibility index (Phi) is 4.66. The molecule has 7 heteroatoms. The highest BCUT2D eigenvalue weighted by atomic mass is 16.3. The highest BCUT2D eigenvalue weighted by molar-refractivity contribution is 5.93. The molecule has 1 aromatic heterocycles. The molecule has 0 spiro atoms. The monoisotopic (exact) mass is 306 g/mol. The predicted octanol–water partition coefficient (Wildman–Crippen LogP) is -0.535. The van der Waals surface area contributed by atoms with Crippen LogP contribution in [0.5, 0.6) is 0 Å². The van der Waals surface area contributed by atoms with Crippen molar-refractivity contribution in [3.63, 3.8) is 0 Å². The molecule has 2 N–H and O–H groups in total. The largest absolute Gasteiger partial charge is 0.395 e. The van der Waals surface area contributed by atoms with Gasteiger partial charge in [0.2, 0.25) is 0 Å². The van der Waals surface area contributed by atoms with Crippen molar-refractivity contribution < 1.29 is 15.0 Å². The molecular weight excluding hydrogens is 284 g/mol. The van der Waals surface area contributed by atoms with Crippen molar-refractivity contribution in [3.8, 4) is 0 Å². The maximum Gasteiger partial charge on any atom is 0.257 e. The van der Waals surface area contributed by atoms with E-state index in [-0.39, 0.29) is 12.5 Å². The molecule has 0 bridgehead atoms. The van der Waals surface area contributed by atoms with Gasteiger partial charge >= 0.3 is 0 Å². The Labute approximate surface area is 129 Å². The molecule has 1 saturated carbocycles. The van der Waals surface area contributed by atoms with Crippen molar-refractivity contribution in [1.29, 1.82) is 0 Å². The van der Waals surface area contributed by atoms with Gasteiger partial charge in [0, 0.05) is 51.0 Å². The molecule has 2 aliphatic rings. The minimum atomic E-state index is -0.607. The molecule has 2 heterocycles. The van der Waals surface area contributed by atoms with Crippen molar-refractivity contribution in [1.82, 2.24) is 19.8 Å². The Hall–Kier alpha value is -1.57. The smallest absolute Gasteiger partial charge is 0.257 e. The summed E-state index contributed by atoms with van der Waals surface area (Å²) in [4.78, 5) is 24.7. The predicted molar refractivity (Wildman–Crippen MR) is 79.4 cm³/mol. The van der Waals surface area contributed by atoms with Crippen LogP contribution in [0.15, 0.2) is 12.4 Å². The molecule has 1 amide bonds. The number of aliphatic hydroxyl groups is 2. The average Bonchev–Trinajstić information content (AvgIpc) is 3.35. The molecule has 1 atom stereocenters. The van der Waals surface area contributed by atoms with Gasteiger partial charge < -0.3 is 15.1 Å². The van der Waals surface area contributed by atoms with Gasteiger partial charge in [-0.05, 0) is 12.8 Å². The van der Waals surface area contributed by atoms with Gasteiger partial charge in [0.05, 0.1) is 18.3 Å². The first-order valence-electron chi connectivity index (χ1n) is 7.80. The molecule has 0 unspecified atom stereocenters. The molecular formula is C15H22N4O3. The highest BCUT2D eigenvalue weighted by Gasteiger charge is 2.28.